The number of aryl methyl sites for hydroxylation is 1. The molecule has 0 atom stereocenters. The molecule has 132 valence electrons. The third-order valence-corrected chi connectivity index (χ3v) is 5.78. The van der Waals surface area contributed by atoms with Crippen LogP contribution in [0.3, 0.4) is 0 Å². The third kappa shape index (κ3) is 2.87. The van der Waals surface area contributed by atoms with Gasteiger partial charge in [-0.3, -0.25) is 9.20 Å². The standard InChI is InChI=1S/C19H24N4O2/c1-11-9-15(25-14-3-2-4-14)21-18-17(20-10-23(11)18)19(24)22-16(12-5-6-12)13-7-8-13/h9-10,12-14,16H,2-8H2,1H3,(H,22,24). The molecule has 0 spiro atoms. The van der Waals surface area contributed by atoms with Crippen LogP contribution in [0, 0.1) is 18.8 Å². The second kappa shape index (κ2) is 5.71. The Morgan fingerprint density at radius 1 is 1.24 bits per heavy atom. The van der Waals surface area contributed by atoms with E-state index in [1.807, 2.05) is 17.4 Å². The number of carbonyl (C=O) groups is 1. The number of amides is 1. The van der Waals surface area contributed by atoms with E-state index in [1.165, 1.54) is 32.1 Å². The van der Waals surface area contributed by atoms with Crippen molar-refractivity contribution >= 4 is 11.6 Å². The second-order valence-electron chi connectivity index (χ2n) is 7.87. The fourth-order valence-electron chi connectivity index (χ4n) is 3.72. The van der Waals surface area contributed by atoms with Crippen LogP contribution in [0.25, 0.3) is 5.65 Å². The molecular weight excluding hydrogens is 316 g/mol. The van der Waals surface area contributed by atoms with E-state index in [1.54, 1.807) is 6.33 Å². The monoisotopic (exact) mass is 340 g/mol. The number of rotatable bonds is 6. The van der Waals surface area contributed by atoms with Gasteiger partial charge in [-0.05, 0) is 63.7 Å². The Hall–Kier alpha value is -2.11. The zero-order chi connectivity index (χ0) is 17.0. The van der Waals surface area contributed by atoms with Gasteiger partial charge in [0.2, 0.25) is 5.88 Å². The minimum absolute atomic E-state index is 0.0982. The molecule has 5 rings (SSSR count). The van der Waals surface area contributed by atoms with Crippen molar-refractivity contribution in [1.82, 2.24) is 19.7 Å². The summed E-state index contributed by atoms with van der Waals surface area (Å²) in [6, 6.07) is 2.24. The van der Waals surface area contributed by atoms with Gasteiger partial charge in [0.1, 0.15) is 12.4 Å². The van der Waals surface area contributed by atoms with Crippen molar-refractivity contribution in [1.29, 1.82) is 0 Å². The van der Waals surface area contributed by atoms with Crippen LogP contribution < -0.4 is 10.1 Å². The number of carbonyl (C=O) groups excluding carboxylic acids is 1. The lowest BCUT2D eigenvalue weighted by atomic mass is 9.96. The van der Waals surface area contributed by atoms with Gasteiger partial charge in [0, 0.05) is 17.8 Å². The summed E-state index contributed by atoms with van der Waals surface area (Å²) in [6.45, 7) is 1.99. The highest BCUT2D eigenvalue weighted by atomic mass is 16.5. The van der Waals surface area contributed by atoms with E-state index in [0.29, 0.717) is 35.1 Å². The number of hydrogen-bond donors (Lipinski definition) is 1. The van der Waals surface area contributed by atoms with Crippen molar-refractivity contribution in [3.05, 3.63) is 23.8 Å². The van der Waals surface area contributed by atoms with Gasteiger partial charge in [0.25, 0.3) is 5.91 Å². The summed E-state index contributed by atoms with van der Waals surface area (Å²) in [5, 5.41) is 3.24. The van der Waals surface area contributed by atoms with Crippen LogP contribution in [-0.4, -0.2) is 32.4 Å². The molecule has 0 bridgehead atoms. The first-order chi connectivity index (χ1) is 12.2. The molecule has 3 saturated carbocycles. The molecule has 0 aliphatic heterocycles. The minimum atomic E-state index is -0.0982. The molecule has 3 aliphatic carbocycles. The molecule has 0 unspecified atom stereocenters. The zero-order valence-electron chi connectivity index (χ0n) is 14.6. The van der Waals surface area contributed by atoms with Gasteiger partial charge in [0.15, 0.2) is 11.3 Å². The van der Waals surface area contributed by atoms with Gasteiger partial charge in [0.05, 0.1) is 0 Å². The Labute approximate surface area is 147 Å². The van der Waals surface area contributed by atoms with Crippen molar-refractivity contribution in [2.24, 2.45) is 11.8 Å². The average Bonchev–Trinajstić information content (AvgIpc) is 3.46. The molecule has 3 aliphatic rings. The molecule has 1 amide bonds. The first kappa shape index (κ1) is 15.2. The van der Waals surface area contributed by atoms with Crippen molar-refractivity contribution < 1.29 is 9.53 Å². The number of nitrogens with zero attached hydrogens (tertiary/aromatic N) is 3. The highest BCUT2D eigenvalue weighted by Gasteiger charge is 2.42. The Kier molecular flexibility index (Phi) is 3.47. The van der Waals surface area contributed by atoms with Gasteiger partial charge < -0.3 is 10.1 Å². The van der Waals surface area contributed by atoms with Gasteiger partial charge in [-0.15, -0.1) is 0 Å². The van der Waals surface area contributed by atoms with Crippen LogP contribution in [0.5, 0.6) is 5.88 Å². The van der Waals surface area contributed by atoms with E-state index in [4.69, 9.17) is 4.74 Å². The molecule has 6 nitrogen and oxygen atoms in total. The van der Waals surface area contributed by atoms with Gasteiger partial charge in [-0.25, -0.2) is 4.98 Å². The maximum absolute atomic E-state index is 12.8. The van der Waals surface area contributed by atoms with Crippen molar-refractivity contribution in [2.75, 3.05) is 0 Å². The Balaban J connectivity index is 1.42. The van der Waals surface area contributed by atoms with Crippen LogP contribution in [0.2, 0.25) is 0 Å². The minimum Gasteiger partial charge on any atom is -0.474 e. The lowest BCUT2D eigenvalue weighted by Crippen LogP contribution is -2.38. The first-order valence-corrected chi connectivity index (χ1v) is 9.51. The normalized spacial score (nSPS) is 20.7. The van der Waals surface area contributed by atoms with Crippen molar-refractivity contribution in [3.8, 4) is 5.88 Å². The molecule has 25 heavy (non-hydrogen) atoms. The van der Waals surface area contributed by atoms with E-state index in [2.05, 4.69) is 15.3 Å². The Morgan fingerprint density at radius 2 is 1.96 bits per heavy atom. The number of ether oxygens (including phenoxy) is 1. The molecule has 0 radical (unpaired) electrons. The van der Waals surface area contributed by atoms with E-state index in [0.717, 1.165) is 18.5 Å². The quantitative estimate of drug-likeness (QED) is 0.878. The summed E-state index contributed by atoms with van der Waals surface area (Å²) in [6.07, 6.45) is 10.3. The first-order valence-electron chi connectivity index (χ1n) is 9.51. The van der Waals surface area contributed by atoms with E-state index in [-0.39, 0.29) is 12.0 Å². The molecule has 0 aromatic carbocycles. The van der Waals surface area contributed by atoms with Gasteiger partial charge in [-0.1, -0.05) is 0 Å². The largest absolute Gasteiger partial charge is 0.474 e. The average molecular weight is 340 g/mol. The van der Waals surface area contributed by atoms with Gasteiger partial charge in [-0.2, -0.15) is 4.98 Å². The SMILES string of the molecule is Cc1cc(OC2CCC2)nc2c(C(=O)NC(C3CC3)C3CC3)ncn12. The highest BCUT2D eigenvalue weighted by molar-refractivity contribution is 5.98. The molecule has 3 fully saturated rings. The molecular formula is C19H24N4O2. The number of fused-ring (bicyclic) bond motifs is 1. The third-order valence-electron chi connectivity index (χ3n) is 5.78. The summed E-state index contributed by atoms with van der Waals surface area (Å²) >= 11 is 0. The molecule has 2 aromatic rings. The Morgan fingerprint density at radius 3 is 2.56 bits per heavy atom. The van der Waals surface area contributed by atoms with Crippen LogP contribution in [0.1, 0.15) is 61.1 Å². The number of aromatic nitrogens is 3. The summed E-state index contributed by atoms with van der Waals surface area (Å²) in [4.78, 5) is 21.8. The van der Waals surface area contributed by atoms with Crippen molar-refractivity contribution in [2.45, 2.75) is 64.0 Å². The predicted molar refractivity (Wildman–Crippen MR) is 92.7 cm³/mol. The molecule has 2 aromatic heterocycles. The van der Waals surface area contributed by atoms with Gasteiger partial charge >= 0.3 is 0 Å². The zero-order valence-corrected chi connectivity index (χ0v) is 14.6. The second-order valence-corrected chi connectivity index (χ2v) is 7.87. The topological polar surface area (TPSA) is 68.5 Å². The predicted octanol–water partition coefficient (Wildman–Crippen LogP) is 2.89. The molecule has 0 saturated heterocycles. The maximum atomic E-state index is 12.8. The lowest BCUT2D eigenvalue weighted by Gasteiger charge is -2.25. The fraction of sp³-hybridized carbons (Fsp3) is 0.632. The summed E-state index contributed by atoms with van der Waals surface area (Å²) in [5.41, 5.74) is 1.98. The smallest absolute Gasteiger partial charge is 0.274 e. The van der Waals surface area contributed by atoms with Crippen LogP contribution in [0.15, 0.2) is 12.4 Å². The number of imidazole rings is 1. The maximum Gasteiger partial charge on any atom is 0.274 e. The van der Waals surface area contributed by atoms with Crippen LogP contribution in [-0.2, 0) is 0 Å². The highest BCUT2D eigenvalue weighted by Crippen LogP contribution is 2.44. The van der Waals surface area contributed by atoms with Crippen LogP contribution in [0.4, 0.5) is 0 Å². The van der Waals surface area contributed by atoms with E-state index >= 15 is 0 Å². The molecule has 2 heterocycles. The number of hydrogen-bond acceptors (Lipinski definition) is 4. The number of nitrogens with one attached hydrogen (secondary N) is 1. The fourth-order valence-corrected chi connectivity index (χ4v) is 3.72. The summed E-state index contributed by atoms with van der Waals surface area (Å²) in [7, 11) is 0. The summed E-state index contributed by atoms with van der Waals surface area (Å²) in [5.74, 6) is 1.83. The summed E-state index contributed by atoms with van der Waals surface area (Å²) < 4.78 is 7.80. The molecule has 1 N–H and O–H groups in total. The van der Waals surface area contributed by atoms with E-state index < -0.39 is 0 Å². The Bertz CT molecular complexity index is 806. The van der Waals surface area contributed by atoms with Crippen molar-refractivity contribution in [3.63, 3.8) is 0 Å². The lowest BCUT2D eigenvalue weighted by molar-refractivity contribution is 0.0923. The van der Waals surface area contributed by atoms with E-state index in [9.17, 15) is 4.79 Å². The van der Waals surface area contributed by atoms with Crippen LogP contribution >= 0.6 is 0 Å². The molecule has 6 heteroatoms.